The smallest absolute Gasteiger partial charge is 0.0470 e. The van der Waals surface area contributed by atoms with Crippen molar-refractivity contribution in [1.29, 1.82) is 0 Å². The molecule has 1 aliphatic carbocycles. The maximum atomic E-state index is 6.60. The zero-order chi connectivity index (χ0) is 16.0. The number of hydrogen-bond acceptors (Lipinski definition) is 1. The van der Waals surface area contributed by atoms with Crippen LogP contribution in [0.4, 0.5) is 0 Å². The van der Waals surface area contributed by atoms with E-state index >= 15 is 0 Å². The Hall–Kier alpha value is -1.31. The van der Waals surface area contributed by atoms with Crippen molar-refractivity contribution < 1.29 is 0 Å². The lowest BCUT2D eigenvalue weighted by atomic mass is 9.67. The topological polar surface area (TPSA) is 3.24 Å². The van der Waals surface area contributed by atoms with Gasteiger partial charge < -0.3 is 0 Å². The molecule has 0 aromatic heterocycles. The summed E-state index contributed by atoms with van der Waals surface area (Å²) in [5.74, 6) is 0.619. The fraction of sp³-hybridized carbons (Fsp3) is 0.429. The summed E-state index contributed by atoms with van der Waals surface area (Å²) in [6.45, 7) is 7.99. The van der Waals surface area contributed by atoms with E-state index in [1.54, 1.807) is 0 Å². The van der Waals surface area contributed by atoms with Gasteiger partial charge in [0.25, 0.3) is 0 Å². The molecule has 0 unspecified atom stereocenters. The number of nitrogens with zero attached hydrogens (tertiary/aromatic N) is 1. The molecule has 120 valence electrons. The van der Waals surface area contributed by atoms with E-state index in [0.717, 1.165) is 24.5 Å². The maximum absolute atomic E-state index is 6.60. The summed E-state index contributed by atoms with van der Waals surface area (Å²) >= 11 is 6.60. The summed E-state index contributed by atoms with van der Waals surface area (Å²) in [6.07, 6.45) is 2.38. The molecule has 0 bridgehead atoms. The highest BCUT2D eigenvalue weighted by molar-refractivity contribution is 6.32. The second kappa shape index (κ2) is 5.65. The van der Waals surface area contributed by atoms with Crippen molar-refractivity contribution in [3.8, 4) is 0 Å². The lowest BCUT2D eigenvalue weighted by molar-refractivity contribution is 0.240. The lowest BCUT2D eigenvalue weighted by Gasteiger charge is -2.37. The van der Waals surface area contributed by atoms with Gasteiger partial charge in [-0.3, -0.25) is 4.90 Å². The van der Waals surface area contributed by atoms with Crippen LogP contribution in [0.3, 0.4) is 0 Å². The Morgan fingerprint density at radius 1 is 1.17 bits per heavy atom. The Labute approximate surface area is 144 Å². The highest BCUT2D eigenvalue weighted by atomic mass is 35.5. The van der Waals surface area contributed by atoms with Crippen LogP contribution in [-0.2, 0) is 13.0 Å². The minimum atomic E-state index is 0.389. The van der Waals surface area contributed by atoms with Crippen molar-refractivity contribution in [3.63, 3.8) is 0 Å². The summed E-state index contributed by atoms with van der Waals surface area (Å²) in [7, 11) is 0. The summed E-state index contributed by atoms with van der Waals surface area (Å²) in [5, 5.41) is 1.01. The second-order valence-electron chi connectivity index (χ2n) is 7.63. The van der Waals surface area contributed by atoms with Gasteiger partial charge in [0.1, 0.15) is 0 Å². The average Bonchev–Trinajstić information content (AvgIpc) is 2.88. The Balaban J connectivity index is 1.63. The fourth-order valence-electron chi connectivity index (χ4n) is 4.60. The Morgan fingerprint density at radius 3 is 2.74 bits per heavy atom. The normalized spacial score (nSPS) is 26.8. The Morgan fingerprint density at radius 2 is 1.96 bits per heavy atom. The molecule has 2 atom stereocenters. The van der Waals surface area contributed by atoms with Gasteiger partial charge in [-0.2, -0.15) is 0 Å². The van der Waals surface area contributed by atoms with E-state index in [1.807, 2.05) is 0 Å². The van der Waals surface area contributed by atoms with Crippen LogP contribution in [0.2, 0.25) is 5.02 Å². The Bertz CT molecular complexity index is 724. The van der Waals surface area contributed by atoms with Crippen molar-refractivity contribution >= 4 is 11.6 Å². The molecule has 23 heavy (non-hydrogen) atoms. The summed E-state index contributed by atoms with van der Waals surface area (Å²) in [4.78, 5) is 2.63. The van der Waals surface area contributed by atoms with Crippen molar-refractivity contribution in [3.05, 3.63) is 69.7 Å². The number of benzene rings is 2. The van der Waals surface area contributed by atoms with Gasteiger partial charge in [-0.25, -0.2) is 0 Å². The number of fused-ring (bicyclic) bond motifs is 3. The van der Waals surface area contributed by atoms with Crippen LogP contribution in [0.15, 0.2) is 42.5 Å². The standard InChI is InChI=1S/C21H24ClN/c1-15-8-9-17-18(20(15)22)10-11-21(2)14-23(13-19(17)21)12-16-6-4-3-5-7-16/h3-9,19H,10-14H2,1-2H3/t19-,21+/m1/s1. The number of aryl methyl sites for hydroxylation is 1. The van der Waals surface area contributed by atoms with Gasteiger partial charge in [-0.05, 0) is 47.4 Å². The molecule has 2 aromatic carbocycles. The zero-order valence-corrected chi connectivity index (χ0v) is 14.7. The number of likely N-dealkylation sites (tertiary alicyclic amines) is 1. The van der Waals surface area contributed by atoms with Crippen LogP contribution in [0.25, 0.3) is 0 Å². The SMILES string of the molecule is Cc1ccc2c(c1Cl)CC[C@@]1(C)CN(Cc3ccccc3)C[C@H]21. The highest BCUT2D eigenvalue weighted by Gasteiger charge is 2.46. The molecule has 0 amide bonds. The second-order valence-corrected chi connectivity index (χ2v) is 8.00. The average molecular weight is 326 g/mol. The number of halogens is 1. The Kier molecular flexibility index (Phi) is 3.74. The largest absolute Gasteiger partial charge is 0.298 e. The van der Waals surface area contributed by atoms with Gasteiger partial charge in [0.15, 0.2) is 0 Å². The summed E-state index contributed by atoms with van der Waals surface area (Å²) < 4.78 is 0. The molecule has 4 rings (SSSR count). The van der Waals surface area contributed by atoms with Crippen molar-refractivity contribution in [2.24, 2.45) is 5.41 Å². The first kappa shape index (κ1) is 15.2. The molecule has 1 saturated heterocycles. The fourth-order valence-corrected chi connectivity index (χ4v) is 4.86. The van der Waals surface area contributed by atoms with E-state index < -0.39 is 0 Å². The van der Waals surface area contributed by atoms with Crippen LogP contribution in [0.5, 0.6) is 0 Å². The molecule has 2 aliphatic rings. The first-order chi connectivity index (χ1) is 11.1. The molecule has 0 spiro atoms. The van der Waals surface area contributed by atoms with Crippen LogP contribution >= 0.6 is 11.6 Å². The maximum Gasteiger partial charge on any atom is 0.0470 e. The lowest BCUT2D eigenvalue weighted by Crippen LogP contribution is -2.30. The molecule has 1 fully saturated rings. The van der Waals surface area contributed by atoms with Gasteiger partial charge in [0, 0.05) is 30.6 Å². The molecule has 0 saturated carbocycles. The highest BCUT2D eigenvalue weighted by Crippen LogP contribution is 2.51. The van der Waals surface area contributed by atoms with Crippen molar-refractivity contribution in [2.75, 3.05) is 13.1 Å². The van der Waals surface area contributed by atoms with E-state index in [4.69, 9.17) is 11.6 Å². The predicted octanol–water partition coefficient (Wildman–Crippen LogP) is 5.20. The molecule has 0 radical (unpaired) electrons. The summed E-state index contributed by atoms with van der Waals surface area (Å²) in [5.41, 5.74) is 5.94. The van der Waals surface area contributed by atoms with Gasteiger partial charge in [-0.15, -0.1) is 0 Å². The number of hydrogen-bond donors (Lipinski definition) is 0. The molecule has 1 heterocycles. The van der Waals surface area contributed by atoms with Crippen LogP contribution in [0, 0.1) is 12.3 Å². The van der Waals surface area contributed by atoms with Gasteiger partial charge in [0.2, 0.25) is 0 Å². The van der Waals surface area contributed by atoms with Gasteiger partial charge >= 0.3 is 0 Å². The van der Waals surface area contributed by atoms with E-state index in [-0.39, 0.29) is 0 Å². The number of rotatable bonds is 2. The molecule has 1 nitrogen and oxygen atoms in total. The minimum Gasteiger partial charge on any atom is -0.298 e. The zero-order valence-electron chi connectivity index (χ0n) is 14.0. The molecule has 2 heteroatoms. The predicted molar refractivity (Wildman–Crippen MR) is 97.1 cm³/mol. The molecular formula is C21H24ClN. The molecule has 2 aromatic rings. The van der Waals surface area contributed by atoms with Crippen LogP contribution in [-0.4, -0.2) is 18.0 Å². The minimum absolute atomic E-state index is 0.389. The molecule has 1 aliphatic heterocycles. The third-order valence-electron chi connectivity index (χ3n) is 5.91. The third kappa shape index (κ3) is 2.60. The van der Waals surface area contributed by atoms with Crippen molar-refractivity contribution in [2.45, 2.75) is 39.2 Å². The monoisotopic (exact) mass is 325 g/mol. The van der Waals surface area contributed by atoms with Crippen LogP contribution < -0.4 is 0 Å². The van der Waals surface area contributed by atoms with E-state index in [1.165, 1.54) is 35.2 Å². The molecular weight excluding hydrogens is 302 g/mol. The van der Waals surface area contributed by atoms with E-state index in [9.17, 15) is 0 Å². The summed E-state index contributed by atoms with van der Waals surface area (Å²) in [6, 6.07) is 15.4. The van der Waals surface area contributed by atoms with Crippen LogP contribution in [0.1, 0.15) is 41.5 Å². The van der Waals surface area contributed by atoms with Gasteiger partial charge in [0.05, 0.1) is 0 Å². The molecule has 0 N–H and O–H groups in total. The first-order valence-electron chi connectivity index (χ1n) is 8.61. The first-order valence-corrected chi connectivity index (χ1v) is 8.99. The quantitative estimate of drug-likeness (QED) is 0.733. The van der Waals surface area contributed by atoms with E-state index in [0.29, 0.717) is 11.3 Å². The third-order valence-corrected chi connectivity index (χ3v) is 6.44. The van der Waals surface area contributed by atoms with Gasteiger partial charge in [-0.1, -0.05) is 61.0 Å². The van der Waals surface area contributed by atoms with Crippen molar-refractivity contribution in [1.82, 2.24) is 4.90 Å². The van der Waals surface area contributed by atoms with E-state index in [2.05, 4.69) is 61.2 Å².